The Hall–Kier alpha value is -1.35. The van der Waals surface area contributed by atoms with Crippen molar-refractivity contribution in [3.8, 4) is 0 Å². The molecule has 1 fully saturated rings. The number of ether oxygens (including phenoxy) is 1. The fraction of sp³-hybridized carbons (Fsp3) is 0.588. The van der Waals surface area contributed by atoms with Crippen molar-refractivity contribution < 1.29 is 9.53 Å². The first-order chi connectivity index (χ1) is 9.61. The maximum absolute atomic E-state index is 12.1. The van der Waals surface area contributed by atoms with Crippen molar-refractivity contribution in [3.63, 3.8) is 0 Å². The van der Waals surface area contributed by atoms with Crippen LogP contribution >= 0.6 is 0 Å². The Kier molecular flexibility index (Phi) is 5.18. The Balaban J connectivity index is 2.14. The van der Waals surface area contributed by atoms with Gasteiger partial charge in [0.15, 0.2) is 0 Å². The molecule has 1 aromatic carbocycles. The van der Waals surface area contributed by atoms with Crippen LogP contribution in [0.5, 0.6) is 0 Å². The minimum atomic E-state index is -0.186. The van der Waals surface area contributed by atoms with Crippen LogP contribution in [0.15, 0.2) is 30.3 Å². The third-order valence-electron chi connectivity index (χ3n) is 4.35. The first kappa shape index (κ1) is 15.0. The van der Waals surface area contributed by atoms with Gasteiger partial charge in [0.25, 0.3) is 0 Å². The summed E-state index contributed by atoms with van der Waals surface area (Å²) in [7, 11) is 1.47. The molecule has 110 valence electrons. The van der Waals surface area contributed by atoms with Crippen molar-refractivity contribution in [1.29, 1.82) is 0 Å². The lowest BCUT2D eigenvalue weighted by atomic mass is 9.92. The lowest BCUT2D eigenvalue weighted by molar-refractivity contribution is -0.143. The topological polar surface area (TPSA) is 29.5 Å². The van der Waals surface area contributed by atoms with Gasteiger partial charge in [0.2, 0.25) is 0 Å². The zero-order valence-electron chi connectivity index (χ0n) is 12.7. The molecule has 1 aliphatic heterocycles. The number of rotatable bonds is 4. The molecule has 2 rings (SSSR count). The summed E-state index contributed by atoms with van der Waals surface area (Å²) in [4.78, 5) is 14.6. The van der Waals surface area contributed by atoms with Gasteiger partial charge in [-0.2, -0.15) is 0 Å². The summed E-state index contributed by atoms with van der Waals surface area (Å²) in [6.45, 7) is 6.36. The maximum Gasteiger partial charge on any atom is 0.314 e. The number of hydrogen-bond acceptors (Lipinski definition) is 3. The highest BCUT2D eigenvalue weighted by Gasteiger charge is 2.29. The second kappa shape index (κ2) is 6.89. The van der Waals surface area contributed by atoms with Gasteiger partial charge in [-0.1, -0.05) is 37.3 Å². The molecule has 1 aromatic rings. The van der Waals surface area contributed by atoms with Gasteiger partial charge in [0.1, 0.15) is 0 Å². The lowest BCUT2D eigenvalue weighted by Gasteiger charge is -2.38. The molecule has 3 nitrogen and oxygen atoms in total. The highest BCUT2D eigenvalue weighted by atomic mass is 16.5. The molecule has 0 spiro atoms. The van der Waals surface area contributed by atoms with E-state index in [0.29, 0.717) is 12.0 Å². The van der Waals surface area contributed by atoms with Crippen molar-refractivity contribution in [3.05, 3.63) is 35.9 Å². The Morgan fingerprint density at radius 1 is 1.30 bits per heavy atom. The van der Waals surface area contributed by atoms with E-state index < -0.39 is 0 Å². The van der Waals surface area contributed by atoms with E-state index in [-0.39, 0.29) is 11.9 Å². The molecule has 1 aliphatic rings. The quantitative estimate of drug-likeness (QED) is 0.791. The number of carbonyl (C=O) groups is 1. The second-order valence-corrected chi connectivity index (χ2v) is 5.97. The predicted octanol–water partition coefficient (Wildman–Crippen LogP) is 3.06. The van der Waals surface area contributed by atoms with E-state index in [4.69, 9.17) is 4.74 Å². The van der Waals surface area contributed by atoms with Gasteiger partial charge in [-0.3, -0.25) is 9.69 Å². The predicted molar refractivity (Wildman–Crippen MR) is 80.6 cm³/mol. The number of hydrogen-bond donors (Lipinski definition) is 0. The zero-order valence-corrected chi connectivity index (χ0v) is 12.7. The fourth-order valence-corrected chi connectivity index (χ4v) is 3.01. The van der Waals surface area contributed by atoms with Crippen LogP contribution in [0, 0.1) is 5.92 Å². The minimum Gasteiger partial charge on any atom is -0.469 e. The molecule has 3 heteroatoms. The minimum absolute atomic E-state index is 0.137. The Morgan fingerprint density at radius 3 is 2.65 bits per heavy atom. The average molecular weight is 275 g/mol. The van der Waals surface area contributed by atoms with Gasteiger partial charge in [-0.15, -0.1) is 0 Å². The lowest BCUT2D eigenvalue weighted by Crippen LogP contribution is -2.44. The number of likely N-dealkylation sites (tertiary alicyclic amines) is 1. The number of esters is 1. The standard InChI is InChI=1S/C17H25NO2/c1-13-9-10-14(2)18(11-13)12-16(17(19)20-3)15-7-5-4-6-8-15/h4-8,13-14,16H,9-12H2,1-3H3. The molecule has 3 atom stereocenters. The smallest absolute Gasteiger partial charge is 0.314 e. The van der Waals surface area contributed by atoms with Gasteiger partial charge in [-0.05, 0) is 31.2 Å². The van der Waals surface area contributed by atoms with Crippen molar-refractivity contribution in [2.75, 3.05) is 20.2 Å². The van der Waals surface area contributed by atoms with Gasteiger partial charge >= 0.3 is 5.97 Å². The van der Waals surface area contributed by atoms with E-state index in [1.807, 2.05) is 30.3 Å². The average Bonchev–Trinajstić information content (AvgIpc) is 2.48. The van der Waals surface area contributed by atoms with Crippen molar-refractivity contribution in [2.45, 2.75) is 38.6 Å². The monoisotopic (exact) mass is 275 g/mol. The summed E-state index contributed by atoms with van der Waals surface area (Å²) < 4.78 is 5.00. The summed E-state index contributed by atoms with van der Waals surface area (Å²) in [6.07, 6.45) is 2.50. The Morgan fingerprint density at radius 2 is 2.00 bits per heavy atom. The molecule has 0 bridgehead atoms. The molecule has 0 N–H and O–H groups in total. The van der Waals surface area contributed by atoms with E-state index in [1.54, 1.807) is 0 Å². The largest absolute Gasteiger partial charge is 0.469 e. The molecule has 0 radical (unpaired) electrons. The van der Waals surface area contributed by atoms with E-state index in [2.05, 4.69) is 18.7 Å². The van der Waals surface area contributed by atoms with E-state index in [0.717, 1.165) is 18.7 Å². The van der Waals surface area contributed by atoms with Crippen LogP contribution < -0.4 is 0 Å². The highest BCUT2D eigenvalue weighted by Crippen LogP contribution is 2.26. The van der Waals surface area contributed by atoms with Crippen LogP contribution in [0.2, 0.25) is 0 Å². The normalized spacial score (nSPS) is 25.1. The van der Waals surface area contributed by atoms with Crippen molar-refractivity contribution in [1.82, 2.24) is 4.90 Å². The highest BCUT2D eigenvalue weighted by molar-refractivity contribution is 5.78. The third-order valence-corrected chi connectivity index (χ3v) is 4.35. The molecule has 0 aliphatic carbocycles. The third kappa shape index (κ3) is 3.60. The van der Waals surface area contributed by atoms with Crippen molar-refractivity contribution >= 4 is 5.97 Å². The van der Waals surface area contributed by atoms with Crippen LogP contribution in [-0.2, 0) is 9.53 Å². The van der Waals surface area contributed by atoms with Gasteiger partial charge in [0.05, 0.1) is 13.0 Å². The first-order valence-corrected chi connectivity index (χ1v) is 7.48. The Bertz CT molecular complexity index is 432. The molecular weight excluding hydrogens is 250 g/mol. The van der Waals surface area contributed by atoms with Crippen LogP contribution in [0.3, 0.4) is 0 Å². The SMILES string of the molecule is COC(=O)C(CN1CC(C)CCC1C)c1ccccc1. The Labute approximate surface area is 121 Å². The maximum atomic E-state index is 12.1. The number of carbonyl (C=O) groups excluding carboxylic acids is 1. The molecule has 0 saturated carbocycles. The molecule has 3 unspecified atom stereocenters. The summed E-state index contributed by atoms with van der Waals surface area (Å²) in [5, 5.41) is 0. The van der Waals surface area contributed by atoms with Gasteiger partial charge < -0.3 is 4.74 Å². The van der Waals surface area contributed by atoms with E-state index in [1.165, 1.54) is 20.0 Å². The number of nitrogens with zero attached hydrogens (tertiary/aromatic N) is 1. The molecule has 20 heavy (non-hydrogen) atoms. The molecule has 0 amide bonds. The first-order valence-electron chi connectivity index (χ1n) is 7.48. The molecular formula is C17H25NO2. The zero-order chi connectivity index (χ0) is 14.5. The van der Waals surface area contributed by atoms with Crippen LogP contribution in [0.1, 0.15) is 38.2 Å². The van der Waals surface area contributed by atoms with Crippen molar-refractivity contribution in [2.24, 2.45) is 5.92 Å². The van der Waals surface area contributed by atoms with E-state index >= 15 is 0 Å². The number of benzene rings is 1. The van der Waals surface area contributed by atoms with Gasteiger partial charge in [0, 0.05) is 19.1 Å². The molecule has 1 saturated heterocycles. The van der Waals surface area contributed by atoms with Crippen LogP contribution in [0.4, 0.5) is 0 Å². The second-order valence-electron chi connectivity index (χ2n) is 5.97. The number of piperidine rings is 1. The molecule has 1 heterocycles. The van der Waals surface area contributed by atoms with Gasteiger partial charge in [-0.25, -0.2) is 0 Å². The molecule has 0 aromatic heterocycles. The summed E-state index contributed by atoms with van der Waals surface area (Å²) in [6, 6.07) is 10.5. The summed E-state index contributed by atoms with van der Waals surface area (Å²) in [5.74, 6) is 0.385. The van der Waals surface area contributed by atoms with Crippen LogP contribution in [0.25, 0.3) is 0 Å². The van der Waals surface area contributed by atoms with Crippen LogP contribution in [-0.4, -0.2) is 37.1 Å². The summed E-state index contributed by atoms with van der Waals surface area (Å²) in [5.41, 5.74) is 1.05. The summed E-state index contributed by atoms with van der Waals surface area (Å²) >= 11 is 0. The number of methoxy groups -OCH3 is 1. The van der Waals surface area contributed by atoms with E-state index in [9.17, 15) is 4.79 Å². The fourth-order valence-electron chi connectivity index (χ4n) is 3.01.